The summed E-state index contributed by atoms with van der Waals surface area (Å²) in [4.78, 5) is 50.9. The third kappa shape index (κ3) is 2.55. The third-order valence-electron chi connectivity index (χ3n) is 6.13. The highest BCUT2D eigenvalue weighted by Crippen LogP contribution is 2.56. The van der Waals surface area contributed by atoms with Gasteiger partial charge in [0.25, 0.3) is 0 Å². The van der Waals surface area contributed by atoms with E-state index in [9.17, 15) is 19.2 Å². The lowest BCUT2D eigenvalue weighted by molar-refractivity contribution is -0.157. The Labute approximate surface area is 151 Å². The molecular weight excluding hydrogens is 334 g/mol. The van der Waals surface area contributed by atoms with E-state index < -0.39 is 18.6 Å². The molecule has 2 bridgehead atoms. The lowest BCUT2D eigenvalue weighted by atomic mass is 9.81. The second-order valence-corrected chi connectivity index (χ2v) is 7.50. The topological polar surface area (TPSA) is 80.8 Å². The largest absolute Gasteiger partial charge is 0.456 e. The van der Waals surface area contributed by atoms with Crippen molar-refractivity contribution in [3.8, 4) is 0 Å². The molecule has 1 saturated heterocycles. The van der Waals surface area contributed by atoms with Crippen LogP contribution in [-0.4, -0.2) is 41.1 Å². The highest BCUT2D eigenvalue weighted by molar-refractivity contribution is 6.08. The van der Waals surface area contributed by atoms with Crippen molar-refractivity contribution in [3.05, 3.63) is 35.9 Å². The predicted molar refractivity (Wildman–Crippen MR) is 90.9 cm³/mol. The molecule has 0 radical (unpaired) electrons. The molecule has 1 aromatic rings. The number of ketones is 1. The highest BCUT2D eigenvalue weighted by atomic mass is 16.5. The molecule has 1 aliphatic heterocycles. The van der Waals surface area contributed by atoms with Crippen LogP contribution in [0.3, 0.4) is 0 Å². The molecule has 136 valence electrons. The van der Waals surface area contributed by atoms with Gasteiger partial charge < -0.3 is 4.74 Å². The van der Waals surface area contributed by atoms with E-state index in [2.05, 4.69) is 0 Å². The van der Waals surface area contributed by atoms with Crippen molar-refractivity contribution in [2.24, 2.45) is 23.7 Å². The molecule has 0 N–H and O–H groups in total. The Morgan fingerprint density at radius 2 is 1.65 bits per heavy atom. The lowest BCUT2D eigenvalue weighted by Gasteiger charge is -2.22. The molecule has 1 aromatic carbocycles. The van der Waals surface area contributed by atoms with Crippen LogP contribution in [0, 0.1) is 23.7 Å². The van der Waals surface area contributed by atoms with Crippen molar-refractivity contribution in [2.45, 2.75) is 32.2 Å². The SMILES string of the molecule is C[C@@H](C(=O)OCC(=O)c1ccccc1)N1C(=O)[C@H]2[C@@H]3CC[C@@H](C3)[C@@H]2C1=O. The van der Waals surface area contributed by atoms with Gasteiger partial charge >= 0.3 is 5.97 Å². The molecule has 0 unspecified atom stereocenters. The average molecular weight is 355 g/mol. The zero-order valence-corrected chi connectivity index (χ0v) is 14.6. The van der Waals surface area contributed by atoms with Gasteiger partial charge in [-0.2, -0.15) is 0 Å². The summed E-state index contributed by atoms with van der Waals surface area (Å²) in [6.07, 6.45) is 2.93. The number of hydrogen-bond acceptors (Lipinski definition) is 5. The maximum absolute atomic E-state index is 12.7. The number of nitrogens with zero attached hydrogens (tertiary/aromatic N) is 1. The summed E-state index contributed by atoms with van der Waals surface area (Å²) in [5, 5.41) is 0. The van der Waals surface area contributed by atoms with Crippen LogP contribution in [0.4, 0.5) is 0 Å². The molecule has 6 nitrogen and oxygen atoms in total. The molecule has 2 amide bonds. The standard InChI is InChI=1S/C20H21NO5/c1-11(20(25)26-10-15(22)12-5-3-2-4-6-12)21-18(23)16-13-7-8-14(9-13)17(16)19(21)24/h2-6,11,13-14,16-17H,7-10H2,1H3/t11-,13-,14+,16-,17-/m0/s1. The Balaban J connectivity index is 1.40. The fraction of sp³-hybridized carbons (Fsp3) is 0.500. The Bertz CT molecular complexity index is 746. The molecule has 2 saturated carbocycles. The van der Waals surface area contributed by atoms with Gasteiger partial charge in [-0.05, 0) is 38.0 Å². The summed E-state index contributed by atoms with van der Waals surface area (Å²) in [6, 6.07) is 7.54. The monoisotopic (exact) mass is 355 g/mol. The van der Waals surface area contributed by atoms with E-state index in [-0.39, 0.29) is 41.3 Å². The van der Waals surface area contributed by atoms with Crippen LogP contribution in [0.15, 0.2) is 30.3 Å². The Kier molecular flexibility index (Phi) is 4.13. The summed E-state index contributed by atoms with van der Waals surface area (Å²) < 4.78 is 5.09. The van der Waals surface area contributed by atoms with Gasteiger partial charge in [-0.25, -0.2) is 4.79 Å². The number of amides is 2. The van der Waals surface area contributed by atoms with Gasteiger partial charge in [0, 0.05) is 5.56 Å². The minimum absolute atomic E-state index is 0.244. The molecule has 3 aliphatic rings. The van der Waals surface area contributed by atoms with Gasteiger partial charge in [0.2, 0.25) is 11.8 Å². The minimum atomic E-state index is -0.997. The number of carbonyl (C=O) groups is 4. The first-order valence-corrected chi connectivity index (χ1v) is 9.11. The van der Waals surface area contributed by atoms with Gasteiger partial charge in [-0.15, -0.1) is 0 Å². The number of benzene rings is 1. The fourth-order valence-electron chi connectivity index (χ4n) is 4.88. The molecule has 4 rings (SSSR count). The molecule has 3 fully saturated rings. The Morgan fingerprint density at radius 1 is 1.08 bits per heavy atom. The van der Waals surface area contributed by atoms with E-state index in [4.69, 9.17) is 4.74 Å². The predicted octanol–water partition coefficient (Wildman–Crippen LogP) is 1.83. The van der Waals surface area contributed by atoms with Crippen LogP contribution >= 0.6 is 0 Å². The van der Waals surface area contributed by atoms with E-state index in [1.165, 1.54) is 6.92 Å². The van der Waals surface area contributed by atoms with E-state index in [0.717, 1.165) is 24.2 Å². The van der Waals surface area contributed by atoms with Crippen LogP contribution in [0.1, 0.15) is 36.5 Å². The van der Waals surface area contributed by atoms with Crippen LogP contribution in [-0.2, 0) is 19.1 Å². The van der Waals surface area contributed by atoms with Crippen molar-refractivity contribution in [2.75, 3.05) is 6.61 Å². The van der Waals surface area contributed by atoms with Gasteiger partial charge in [0.15, 0.2) is 12.4 Å². The number of Topliss-reactive ketones (excluding diaryl/α,β-unsaturated/α-hetero) is 1. The van der Waals surface area contributed by atoms with Gasteiger partial charge in [0.1, 0.15) is 6.04 Å². The first-order valence-electron chi connectivity index (χ1n) is 9.11. The maximum atomic E-state index is 12.7. The molecule has 0 spiro atoms. The molecular formula is C20H21NO5. The second kappa shape index (κ2) is 6.34. The molecule has 26 heavy (non-hydrogen) atoms. The smallest absolute Gasteiger partial charge is 0.329 e. The highest BCUT2D eigenvalue weighted by Gasteiger charge is 2.62. The summed E-state index contributed by atoms with van der Waals surface area (Å²) in [6.45, 7) is 1.09. The lowest BCUT2D eigenvalue weighted by Crippen LogP contribution is -2.45. The number of fused-ring (bicyclic) bond motifs is 5. The zero-order valence-electron chi connectivity index (χ0n) is 14.6. The molecule has 6 heteroatoms. The first-order chi connectivity index (χ1) is 12.5. The second-order valence-electron chi connectivity index (χ2n) is 7.50. The van der Waals surface area contributed by atoms with Gasteiger partial charge in [0.05, 0.1) is 11.8 Å². The average Bonchev–Trinajstić information content (AvgIpc) is 3.33. The zero-order chi connectivity index (χ0) is 18.4. The summed E-state index contributed by atoms with van der Waals surface area (Å²) in [5.74, 6) is -1.51. The third-order valence-corrected chi connectivity index (χ3v) is 6.13. The normalized spacial score (nSPS) is 30.4. The summed E-state index contributed by atoms with van der Waals surface area (Å²) in [7, 11) is 0. The number of imide groups is 1. The molecule has 0 aromatic heterocycles. The van der Waals surface area contributed by atoms with Crippen LogP contribution in [0.5, 0.6) is 0 Å². The number of esters is 1. The van der Waals surface area contributed by atoms with Gasteiger partial charge in [-0.3, -0.25) is 19.3 Å². The van der Waals surface area contributed by atoms with Crippen molar-refractivity contribution >= 4 is 23.6 Å². The van der Waals surface area contributed by atoms with E-state index in [0.29, 0.717) is 5.56 Å². The quantitative estimate of drug-likeness (QED) is 0.457. The molecule has 2 aliphatic carbocycles. The summed E-state index contributed by atoms with van der Waals surface area (Å²) in [5.41, 5.74) is 0.451. The van der Waals surface area contributed by atoms with E-state index in [1.807, 2.05) is 0 Å². The minimum Gasteiger partial charge on any atom is -0.456 e. The van der Waals surface area contributed by atoms with Crippen molar-refractivity contribution in [1.82, 2.24) is 4.90 Å². The van der Waals surface area contributed by atoms with Crippen LogP contribution in [0.2, 0.25) is 0 Å². The van der Waals surface area contributed by atoms with Crippen molar-refractivity contribution < 1.29 is 23.9 Å². The van der Waals surface area contributed by atoms with Crippen molar-refractivity contribution in [3.63, 3.8) is 0 Å². The van der Waals surface area contributed by atoms with Crippen molar-refractivity contribution in [1.29, 1.82) is 0 Å². The maximum Gasteiger partial charge on any atom is 0.329 e. The Hall–Kier alpha value is -2.50. The number of carbonyl (C=O) groups excluding carboxylic acids is 4. The number of likely N-dealkylation sites (tertiary alicyclic amines) is 1. The van der Waals surface area contributed by atoms with Crippen LogP contribution in [0.25, 0.3) is 0 Å². The van der Waals surface area contributed by atoms with E-state index >= 15 is 0 Å². The number of ether oxygens (including phenoxy) is 1. The summed E-state index contributed by atoms with van der Waals surface area (Å²) >= 11 is 0. The van der Waals surface area contributed by atoms with E-state index in [1.54, 1.807) is 30.3 Å². The fourth-order valence-corrected chi connectivity index (χ4v) is 4.88. The van der Waals surface area contributed by atoms with Crippen LogP contribution < -0.4 is 0 Å². The first kappa shape index (κ1) is 16.9. The Morgan fingerprint density at radius 3 is 2.23 bits per heavy atom. The number of rotatable bonds is 5. The molecule has 1 heterocycles. The van der Waals surface area contributed by atoms with Gasteiger partial charge in [-0.1, -0.05) is 30.3 Å². The molecule has 5 atom stereocenters. The number of hydrogen-bond donors (Lipinski definition) is 0.